The van der Waals surface area contributed by atoms with Crippen LogP contribution < -0.4 is 10.6 Å². The Bertz CT molecular complexity index is 1220. The van der Waals surface area contributed by atoms with Gasteiger partial charge >= 0.3 is 12.1 Å². The molecule has 2 amide bonds. The normalized spacial score (nSPS) is 12.9. The third-order valence-electron chi connectivity index (χ3n) is 6.19. The van der Waals surface area contributed by atoms with Crippen molar-refractivity contribution < 1.29 is 24.2 Å². The second-order valence-corrected chi connectivity index (χ2v) is 8.81. The topological polar surface area (TPSA) is 105 Å². The molecule has 0 saturated carbocycles. The summed E-state index contributed by atoms with van der Waals surface area (Å²) in [7, 11) is 0. The number of aromatic carboxylic acids is 1. The van der Waals surface area contributed by atoms with Crippen molar-refractivity contribution >= 4 is 23.7 Å². The van der Waals surface area contributed by atoms with Crippen molar-refractivity contribution in [3.8, 4) is 11.1 Å². The van der Waals surface area contributed by atoms with Crippen LogP contribution in [-0.2, 0) is 9.53 Å². The Morgan fingerprint density at radius 3 is 2.23 bits per heavy atom. The van der Waals surface area contributed by atoms with Crippen molar-refractivity contribution in [2.45, 2.75) is 38.6 Å². The van der Waals surface area contributed by atoms with Gasteiger partial charge in [-0.15, -0.1) is 0 Å². The van der Waals surface area contributed by atoms with Gasteiger partial charge in [0.1, 0.15) is 6.61 Å². The predicted octanol–water partition coefficient (Wildman–Crippen LogP) is 5.34. The highest BCUT2D eigenvalue weighted by atomic mass is 16.5. The Morgan fingerprint density at radius 2 is 1.60 bits per heavy atom. The summed E-state index contributed by atoms with van der Waals surface area (Å²) in [5, 5.41) is 14.8. The van der Waals surface area contributed by atoms with Crippen molar-refractivity contribution in [2.24, 2.45) is 0 Å². The Kier molecular flexibility index (Phi) is 7.15. The molecule has 180 valence electrons. The number of hydrogen-bond donors (Lipinski definition) is 3. The molecule has 3 aromatic carbocycles. The van der Waals surface area contributed by atoms with Crippen LogP contribution in [0.4, 0.5) is 10.5 Å². The number of rotatable bonds is 8. The van der Waals surface area contributed by atoms with Gasteiger partial charge in [-0.3, -0.25) is 4.79 Å². The van der Waals surface area contributed by atoms with Gasteiger partial charge in [0.25, 0.3) is 0 Å². The zero-order valence-corrected chi connectivity index (χ0v) is 19.7. The lowest BCUT2D eigenvalue weighted by Crippen LogP contribution is -2.34. The van der Waals surface area contributed by atoms with E-state index in [1.807, 2.05) is 24.3 Å². The monoisotopic (exact) mass is 472 g/mol. The summed E-state index contributed by atoms with van der Waals surface area (Å²) in [6.07, 6.45) is -0.0336. The minimum Gasteiger partial charge on any atom is -0.478 e. The third kappa shape index (κ3) is 5.51. The molecule has 0 heterocycles. The minimum atomic E-state index is -1.10. The first-order valence-corrected chi connectivity index (χ1v) is 11.6. The van der Waals surface area contributed by atoms with Crippen LogP contribution in [0.15, 0.2) is 66.7 Å². The first-order chi connectivity index (χ1) is 16.8. The number of carbonyl (C=O) groups excluding carboxylic acids is 2. The molecule has 0 aliphatic heterocycles. The molecular formula is C28H28N2O5. The summed E-state index contributed by atoms with van der Waals surface area (Å²) in [5.41, 5.74) is 5.70. The smallest absolute Gasteiger partial charge is 0.407 e. The second-order valence-electron chi connectivity index (χ2n) is 8.81. The van der Waals surface area contributed by atoms with Gasteiger partial charge in [0.15, 0.2) is 0 Å². The highest BCUT2D eigenvalue weighted by Crippen LogP contribution is 2.44. The molecule has 1 unspecified atom stereocenters. The molecule has 3 aromatic rings. The van der Waals surface area contributed by atoms with Gasteiger partial charge in [-0.2, -0.15) is 0 Å². The summed E-state index contributed by atoms with van der Waals surface area (Å²) < 4.78 is 5.55. The molecule has 0 bridgehead atoms. The number of ether oxygens (including phenoxy) is 1. The fourth-order valence-electron chi connectivity index (χ4n) is 4.42. The lowest BCUT2D eigenvalue weighted by atomic mass is 9.98. The Hall–Kier alpha value is -4.13. The van der Waals surface area contributed by atoms with Crippen LogP contribution in [0.3, 0.4) is 0 Å². The number of anilines is 1. The molecule has 0 saturated heterocycles. The number of nitrogens with one attached hydrogen (secondary N) is 2. The summed E-state index contributed by atoms with van der Waals surface area (Å²) >= 11 is 0. The van der Waals surface area contributed by atoms with Crippen LogP contribution >= 0.6 is 0 Å². The van der Waals surface area contributed by atoms with Crippen LogP contribution in [0.2, 0.25) is 0 Å². The lowest BCUT2D eigenvalue weighted by molar-refractivity contribution is -0.116. The van der Waals surface area contributed by atoms with Gasteiger partial charge in [0.05, 0.1) is 11.3 Å². The van der Waals surface area contributed by atoms with Gasteiger partial charge in [-0.05, 0) is 54.7 Å². The van der Waals surface area contributed by atoms with Crippen LogP contribution in [0.25, 0.3) is 11.1 Å². The van der Waals surface area contributed by atoms with E-state index < -0.39 is 12.1 Å². The van der Waals surface area contributed by atoms with E-state index in [2.05, 4.69) is 34.9 Å². The summed E-state index contributed by atoms with van der Waals surface area (Å²) in [6.45, 7) is 3.80. The maximum Gasteiger partial charge on any atom is 0.407 e. The van der Waals surface area contributed by atoms with E-state index in [1.54, 1.807) is 26.0 Å². The third-order valence-corrected chi connectivity index (χ3v) is 6.19. The first-order valence-electron chi connectivity index (χ1n) is 11.6. The molecule has 0 spiro atoms. The second kappa shape index (κ2) is 10.4. The van der Waals surface area contributed by atoms with E-state index in [9.17, 15) is 19.5 Å². The average Bonchev–Trinajstić information content (AvgIpc) is 3.16. The largest absolute Gasteiger partial charge is 0.478 e. The summed E-state index contributed by atoms with van der Waals surface area (Å²) in [6, 6.07) is 20.8. The van der Waals surface area contributed by atoms with Crippen molar-refractivity contribution in [2.75, 3.05) is 11.9 Å². The van der Waals surface area contributed by atoms with Crippen LogP contribution in [0, 0.1) is 6.92 Å². The predicted molar refractivity (Wildman–Crippen MR) is 134 cm³/mol. The molecule has 7 heteroatoms. The number of benzene rings is 3. The first kappa shape index (κ1) is 24.0. The summed E-state index contributed by atoms with van der Waals surface area (Å²) in [5.74, 6) is -1.45. The zero-order chi connectivity index (χ0) is 24.9. The van der Waals surface area contributed by atoms with Crippen molar-refractivity contribution in [3.63, 3.8) is 0 Å². The maximum absolute atomic E-state index is 12.4. The van der Waals surface area contributed by atoms with Gasteiger partial charge in [-0.1, -0.05) is 60.2 Å². The fourth-order valence-corrected chi connectivity index (χ4v) is 4.42. The van der Waals surface area contributed by atoms with Crippen LogP contribution in [-0.4, -0.2) is 35.7 Å². The lowest BCUT2D eigenvalue weighted by Gasteiger charge is -2.17. The molecule has 3 N–H and O–H groups in total. The van der Waals surface area contributed by atoms with Gasteiger partial charge < -0.3 is 20.5 Å². The molecule has 1 atom stereocenters. The molecule has 0 aromatic heterocycles. The Balaban J connectivity index is 1.27. The van der Waals surface area contributed by atoms with Crippen molar-refractivity contribution in [3.05, 3.63) is 89.0 Å². The van der Waals surface area contributed by atoms with Crippen molar-refractivity contribution in [1.82, 2.24) is 5.32 Å². The van der Waals surface area contributed by atoms with E-state index in [1.165, 1.54) is 6.07 Å². The van der Waals surface area contributed by atoms with E-state index in [0.29, 0.717) is 6.42 Å². The van der Waals surface area contributed by atoms with Crippen molar-refractivity contribution in [1.29, 1.82) is 0 Å². The van der Waals surface area contributed by atoms with E-state index in [-0.39, 0.29) is 42.1 Å². The standard InChI is InChI=1S/C28H28N2O5/c1-17-11-13-25(23(15-17)27(32)33)30-26(31)14-12-18(2)29-28(34)35-16-24-21-9-5-3-7-19(21)20-8-4-6-10-22(20)24/h3-11,13,15,18,24H,12,14,16H2,1-2H3,(H,29,34)(H,30,31)(H,32,33). The van der Waals surface area contributed by atoms with Gasteiger partial charge in [0, 0.05) is 18.4 Å². The van der Waals surface area contributed by atoms with Crippen LogP contribution in [0.5, 0.6) is 0 Å². The number of hydrogen-bond acceptors (Lipinski definition) is 4. The highest BCUT2D eigenvalue weighted by molar-refractivity contribution is 6.00. The Morgan fingerprint density at radius 1 is 0.971 bits per heavy atom. The molecule has 1 aliphatic carbocycles. The number of fused-ring (bicyclic) bond motifs is 3. The van der Waals surface area contributed by atoms with Gasteiger partial charge in [-0.25, -0.2) is 9.59 Å². The number of amides is 2. The Labute approximate surface area is 204 Å². The molecular weight excluding hydrogens is 444 g/mol. The minimum absolute atomic E-state index is 0.0211. The quantitative estimate of drug-likeness (QED) is 0.411. The fraction of sp³-hybridized carbons (Fsp3) is 0.250. The number of aryl methyl sites for hydroxylation is 1. The van der Waals surface area contributed by atoms with Crippen LogP contribution in [0.1, 0.15) is 52.7 Å². The van der Waals surface area contributed by atoms with E-state index in [4.69, 9.17) is 4.74 Å². The maximum atomic E-state index is 12.4. The number of carbonyl (C=O) groups is 3. The molecule has 1 aliphatic rings. The molecule has 0 fully saturated rings. The van der Waals surface area contributed by atoms with E-state index >= 15 is 0 Å². The number of alkyl carbamates (subject to hydrolysis) is 1. The molecule has 35 heavy (non-hydrogen) atoms. The SMILES string of the molecule is Cc1ccc(NC(=O)CCC(C)NC(=O)OCC2c3ccccc3-c3ccccc32)c(C(=O)O)c1. The molecule has 7 nitrogen and oxygen atoms in total. The van der Waals surface area contributed by atoms with Gasteiger partial charge in [0.2, 0.25) is 5.91 Å². The molecule has 4 rings (SSSR count). The summed E-state index contributed by atoms with van der Waals surface area (Å²) in [4.78, 5) is 36.2. The van der Waals surface area contributed by atoms with E-state index in [0.717, 1.165) is 27.8 Å². The molecule has 0 radical (unpaired) electrons. The zero-order valence-electron chi connectivity index (χ0n) is 19.7. The number of carboxylic acid groups (broad SMARTS) is 1. The average molecular weight is 473 g/mol. The number of carboxylic acids is 1. The highest BCUT2D eigenvalue weighted by Gasteiger charge is 2.29.